The SMILES string of the molecule is CC(C)c1ccc(C(C)C)cc1.CC(C)c1ccc(C(C)C)nc1.CC(C)c1ccc(C(C)C)nc1.CC(C)c1ccc(C(C)C)s1.CC(C)c1cccc(C(C)C)c1.CC(C)c1ccn(C(C)C)n1.CC(C)c1cnc(C(C)C)cn1.CC(C)c1cnc(C(C)C)s1.CC(C)c1cnc(C(C)C)s1.CC(C)c1cnn(C(C)C)c1.CC(C)c1csc(C(C)C)n1.CC(C)c1nccn1C(C)C. The highest BCUT2D eigenvalue weighted by Crippen LogP contribution is 2.33. The van der Waals surface area contributed by atoms with E-state index >= 15 is 0 Å². The van der Waals surface area contributed by atoms with Crippen molar-refractivity contribution in [1.29, 1.82) is 0 Å². The van der Waals surface area contributed by atoms with Crippen LogP contribution in [0.1, 0.15) is 588 Å². The molecule has 0 bridgehead atoms. The van der Waals surface area contributed by atoms with E-state index in [1.807, 2.05) is 105 Å². The van der Waals surface area contributed by atoms with Gasteiger partial charge in [0, 0.05) is 140 Å². The third-order valence-corrected chi connectivity index (χ3v) is 28.5. The summed E-state index contributed by atoms with van der Waals surface area (Å²) < 4.78 is 6.20. The molecule has 12 rings (SSSR count). The molecule has 10 heterocycles. The van der Waals surface area contributed by atoms with E-state index in [9.17, 15) is 0 Å². The zero-order valence-electron chi connectivity index (χ0n) is 95.4. The van der Waals surface area contributed by atoms with E-state index in [0.717, 1.165) is 11.4 Å². The molecule has 0 aliphatic carbocycles. The predicted octanol–water partition coefficient (Wildman–Crippen LogP) is 39.2. The summed E-state index contributed by atoms with van der Waals surface area (Å²) in [7, 11) is 0. The zero-order chi connectivity index (χ0) is 105. The summed E-state index contributed by atoms with van der Waals surface area (Å²) in [6.07, 6.45) is 21.8. The number of aromatic nitrogens is 13. The van der Waals surface area contributed by atoms with Crippen LogP contribution in [0.5, 0.6) is 0 Å². The third kappa shape index (κ3) is 49.8. The van der Waals surface area contributed by atoms with E-state index < -0.39 is 0 Å². The Balaban J connectivity index is 0.000000747. The fraction of sp³-hybridized carbons (Fsp3) is 0.600. The monoisotopic (exact) mass is 1950 g/mol. The van der Waals surface area contributed by atoms with E-state index in [-0.39, 0.29) is 0 Å². The third-order valence-electron chi connectivity index (χ3n) is 22.5. The Morgan fingerprint density at radius 2 is 0.577 bits per heavy atom. The summed E-state index contributed by atoms with van der Waals surface area (Å²) in [4.78, 5) is 40.8. The molecule has 2 aromatic carbocycles. The molecule has 0 N–H and O–H groups in total. The van der Waals surface area contributed by atoms with Crippen LogP contribution in [0, 0.1) is 0 Å². The van der Waals surface area contributed by atoms with Gasteiger partial charge >= 0.3 is 0 Å². The number of hydrogen-bond donors (Lipinski definition) is 0. The maximum Gasteiger partial charge on any atom is 0.111 e. The van der Waals surface area contributed by atoms with E-state index in [2.05, 4.69) is 490 Å². The van der Waals surface area contributed by atoms with Gasteiger partial charge in [0.15, 0.2) is 0 Å². The van der Waals surface area contributed by atoms with Gasteiger partial charge in [-0.05, 0) is 211 Å². The van der Waals surface area contributed by atoms with Crippen LogP contribution in [0.15, 0.2) is 165 Å². The number of thiophene rings is 1. The first-order chi connectivity index (χ1) is 63.8. The molecule has 10 aromatic heterocycles. The van der Waals surface area contributed by atoms with E-state index in [0.29, 0.717) is 142 Å². The van der Waals surface area contributed by atoms with E-state index in [1.54, 1.807) is 11.3 Å². The van der Waals surface area contributed by atoms with Crippen LogP contribution in [-0.2, 0) is 0 Å². The van der Waals surface area contributed by atoms with Crippen LogP contribution in [0.25, 0.3) is 0 Å². The van der Waals surface area contributed by atoms with Crippen molar-refractivity contribution < 1.29 is 0 Å². The molecule has 0 amide bonds. The average Bonchev–Trinajstić information content (AvgIpc) is 1.69. The molecule has 0 atom stereocenters. The molecule has 0 fully saturated rings. The first-order valence-electron chi connectivity index (χ1n) is 51.8. The summed E-state index contributed by atoms with van der Waals surface area (Å²) in [5, 5.41) is 14.6. The lowest BCUT2D eigenvalue weighted by Gasteiger charge is -2.13. The molecule has 0 radical (unpaired) electrons. The van der Waals surface area contributed by atoms with Gasteiger partial charge in [-0.1, -0.05) is 351 Å². The minimum atomic E-state index is 0.471. The van der Waals surface area contributed by atoms with Crippen molar-refractivity contribution in [2.75, 3.05) is 0 Å². The normalized spacial score (nSPS) is 11.3. The van der Waals surface area contributed by atoms with Crippen molar-refractivity contribution >= 4 is 45.3 Å². The van der Waals surface area contributed by atoms with Crippen LogP contribution in [0.4, 0.5) is 0 Å². The molecular formula is C120H195N13S4. The number of thiazole rings is 3. The van der Waals surface area contributed by atoms with Crippen molar-refractivity contribution in [1.82, 2.24) is 64.0 Å². The second-order valence-electron chi connectivity index (χ2n) is 43.5. The van der Waals surface area contributed by atoms with Crippen LogP contribution >= 0.6 is 45.3 Å². The number of rotatable bonds is 24. The largest absolute Gasteiger partial charge is 0.332 e. The van der Waals surface area contributed by atoms with Crippen LogP contribution in [0.2, 0.25) is 0 Å². The molecule has 12 aromatic rings. The number of nitrogens with zero attached hydrogens (tertiary/aromatic N) is 13. The van der Waals surface area contributed by atoms with Gasteiger partial charge < -0.3 is 4.57 Å². The second kappa shape index (κ2) is 65.9. The number of hydrogen-bond acceptors (Lipinski definition) is 14. The first kappa shape index (κ1) is 127. The maximum atomic E-state index is 4.53. The topological polar surface area (TPSA) is 144 Å². The molecule has 17 heteroatoms. The smallest absolute Gasteiger partial charge is 0.111 e. The van der Waals surface area contributed by atoms with Crippen molar-refractivity contribution in [2.45, 2.75) is 475 Å². The average molecular weight is 1950 g/mol. The Kier molecular flexibility index (Phi) is 61.1. The quantitative estimate of drug-likeness (QED) is 0.0573. The lowest BCUT2D eigenvalue weighted by molar-refractivity contribution is 0.523. The second-order valence-corrected chi connectivity index (χ2v) is 47.7. The fourth-order valence-corrected chi connectivity index (χ4v) is 16.1. The molecule has 0 aliphatic heterocycles. The predicted molar refractivity (Wildman–Crippen MR) is 608 cm³/mol. The molecule has 13 nitrogen and oxygen atoms in total. The molecule has 0 spiro atoms. The summed E-state index contributed by atoms with van der Waals surface area (Å²) in [6, 6.07) is 34.5. The molecule has 764 valence electrons. The van der Waals surface area contributed by atoms with Gasteiger partial charge in [0.1, 0.15) is 5.82 Å². The van der Waals surface area contributed by atoms with Crippen molar-refractivity contribution in [3.05, 3.63) is 278 Å². The van der Waals surface area contributed by atoms with Gasteiger partial charge in [0.25, 0.3) is 0 Å². The molecular weight excluding hydrogens is 1750 g/mol. The fourth-order valence-electron chi connectivity index (χ4n) is 12.3. The highest BCUT2D eigenvalue weighted by molar-refractivity contribution is 7.12. The standard InChI is InChI=1S/2C12H18.2C11H17N.C10H16N2.C10H16S.3C9H16N2.3C9H15NS/c1-9(2)11-5-7-12(8-6-11)10(3)4;1-9(2)11-6-5-7-12(8-11)10(3)4;2*1-8(2)10-5-6-11(9(3)4)12-7-10;1-7(2)9-5-12-10(6-11-9)8(3)4;1-7(2)9-5-6-10(11-9)8(3)4;1-7(2)9-5-10-11(6-9)8(3)4;1-7(2)9-10-5-6-11(9)8(3)4;1-7(2)9-5-6-11(10-9)8(3)4;1-6(2)8-5-11-9(10-8)7(3)4;2*1-6(2)8-5-10-9(11-8)7(3)4/h2*5-10H,1-4H3;2*5-9H,1-4H3;5-8H,1-4H3;4*5-8H,1-4H3;3*5-7H,1-4H3. The van der Waals surface area contributed by atoms with Gasteiger partial charge in [-0.15, -0.1) is 45.3 Å². The summed E-state index contributed by atoms with van der Waals surface area (Å²) in [5.41, 5.74) is 16.6. The minimum absolute atomic E-state index is 0.471. The first-order valence-corrected chi connectivity index (χ1v) is 55.2. The van der Waals surface area contributed by atoms with Crippen molar-refractivity contribution in [3.8, 4) is 0 Å². The Morgan fingerprint density at radius 1 is 0.226 bits per heavy atom. The Hall–Kier alpha value is -7.96. The molecule has 137 heavy (non-hydrogen) atoms. The minimum Gasteiger partial charge on any atom is -0.332 e. The zero-order valence-corrected chi connectivity index (χ0v) is 98.7. The van der Waals surface area contributed by atoms with E-state index in [1.165, 1.54) is 102 Å². The van der Waals surface area contributed by atoms with Gasteiger partial charge in [0.2, 0.25) is 0 Å². The summed E-state index contributed by atoms with van der Waals surface area (Å²) >= 11 is 7.40. The van der Waals surface area contributed by atoms with Gasteiger partial charge in [0.05, 0.1) is 44.0 Å². The van der Waals surface area contributed by atoms with Gasteiger partial charge in [-0.3, -0.25) is 29.3 Å². The maximum absolute atomic E-state index is 4.53. The van der Waals surface area contributed by atoms with Crippen LogP contribution in [0.3, 0.4) is 0 Å². The molecule has 0 saturated heterocycles. The van der Waals surface area contributed by atoms with Crippen molar-refractivity contribution in [3.63, 3.8) is 0 Å². The summed E-state index contributed by atoms with van der Waals surface area (Å²) in [6.45, 7) is 105. The van der Waals surface area contributed by atoms with Gasteiger partial charge in [-0.2, -0.15) is 10.2 Å². The highest BCUT2D eigenvalue weighted by atomic mass is 32.1. The number of pyridine rings is 2. The molecule has 0 unspecified atom stereocenters. The Morgan fingerprint density at radius 3 is 0.796 bits per heavy atom. The number of imidazole rings is 1. The lowest BCUT2D eigenvalue weighted by atomic mass is 9.96. The molecule has 0 aliphatic rings. The Labute approximate surface area is 855 Å². The van der Waals surface area contributed by atoms with Crippen LogP contribution in [-0.4, -0.2) is 64.0 Å². The lowest BCUT2D eigenvalue weighted by Crippen LogP contribution is -2.06. The highest BCUT2D eigenvalue weighted by Gasteiger charge is 2.16. The van der Waals surface area contributed by atoms with Gasteiger partial charge in [-0.25, -0.2) is 19.9 Å². The van der Waals surface area contributed by atoms with Crippen LogP contribution < -0.4 is 0 Å². The Bertz CT molecular complexity index is 4110. The van der Waals surface area contributed by atoms with Crippen molar-refractivity contribution in [2.24, 2.45) is 0 Å². The summed E-state index contributed by atoms with van der Waals surface area (Å²) in [5.74, 6) is 13.5. The molecule has 0 saturated carbocycles. The van der Waals surface area contributed by atoms with E-state index in [4.69, 9.17) is 0 Å². The number of benzene rings is 2.